The van der Waals surface area contributed by atoms with E-state index in [1.165, 1.54) is 0 Å². The molecule has 96 valence electrons. The molecule has 0 fully saturated rings. The average Bonchev–Trinajstić information content (AvgIpc) is 2.77. The van der Waals surface area contributed by atoms with Crippen molar-refractivity contribution in [2.45, 2.75) is 26.8 Å². The van der Waals surface area contributed by atoms with E-state index in [2.05, 4.69) is 17.2 Å². The molecule has 0 radical (unpaired) electrons. The molecule has 0 aliphatic rings. The molecule has 0 atom stereocenters. The van der Waals surface area contributed by atoms with Gasteiger partial charge in [-0.15, -0.1) is 0 Å². The fourth-order valence-electron chi connectivity index (χ4n) is 1.59. The molecule has 0 aliphatic heterocycles. The van der Waals surface area contributed by atoms with Crippen LogP contribution in [-0.2, 0) is 6.54 Å². The zero-order valence-corrected chi connectivity index (χ0v) is 10.8. The molecule has 1 aromatic carbocycles. The minimum atomic E-state index is 0.286. The van der Waals surface area contributed by atoms with Gasteiger partial charge in [0.15, 0.2) is 0 Å². The highest BCUT2D eigenvalue weighted by atomic mass is 16.6. The van der Waals surface area contributed by atoms with Gasteiger partial charge in [0.05, 0.1) is 5.69 Å². The van der Waals surface area contributed by atoms with Gasteiger partial charge in [-0.25, -0.2) is 0 Å². The number of hydrogen-bond donors (Lipinski definition) is 1. The van der Waals surface area contributed by atoms with Gasteiger partial charge in [-0.05, 0) is 37.6 Å². The van der Waals surface area contributed by atoms with Crippen molar-refractivity contribution >= 4 is 0 Å². The van der Waals surface area contributed by atoms with Crippen LogP contribution in [0.25, 0.3) is 0 Å². The fourth-order valence-corrected chi connectivity index (χ4v) is 1.59. The first-order valence-electron chi connectivity index (χ1n) is 6.17. The molecule has 0 spiro atoms. The first-order chi connectivity index (χ1) is 8.78. The van der Waals surface area contributed by atoms with Crippen LogP contribution in [0.15, 0.2) is 34.9 Å². The zero-order valence-electron chi connectivity index (χ0n) is 10.8. The molecule has 0 aliphatic carbocycles. The molecule has 2 aromatic rings. The lowest BCUT2D eigenvalue weighted by Crippen LogP contribution is -2.13. The van der Waals surface area contributed by atoms with Gasteiger partial charge >= 0.3 is 6.08 Å². The van der Waals surface area contributed by atoms with Crippen molar-refractivity contribution < 1.29 is 9.15 Å². The molecular formula is C14H18N2O2. The van der Waals surface area contributed by atoms with Crippen molar-refractivity contribution in [3.05, 3.63) is 41.8 Å². The third-order valence-corrected chi connectivity index (χ3v) is 2.46. The molecule has 18 heavy (non-hydrogen) atoms. The summed E-state index contributed by atoms with van der Waals surface area (Å²) in [5, 5.41) is 3.26. The van der Waals surface area contributed by atoms with E-state index in [4.69, 9.17) is 9.15 Å². The summed E-state index contributed by atoms with van der Waals surface area (Å²) < 4.78 is 10.8. The van der Waals surface area contributed by atoms with Crippen LogP contribution in [0.4, 0.5) is 0 Å². The summed E-state index contributed by atoms with van der Waals surface area (Å²) in [6, 6.07) is 7.78. The molecule has 2 rings (SSSR count). The smallest absolute Gasteiger partial charge is 0.399 e. The monoisotopic (exact) mass is 246 g/mol. The molecule has 0 saturated carbocycles. The molecule has 4 nitrogen and oxygen atoms in total. The summed E-state index contributed by atoms with van der Waals surface area (Å²) in [5.41, 5.74) is 2.00. The Balaban J connectivity index is 1.94. The minimum Gasteiger partial charge on any atom is -0.417 e. The number of nitrogens with one attached hydrogen (secondary N) is 1. The third-order valence-electron chi connectivity index (χ3n) is 2.46. The Bertz CT molecular complexity index is 494. The van der Waals surface area contributed by atoms with Gasteiger partial charge in [0.2, 0.25) is 0 Å². The largest absolute Gasteiger partial charge is 0.417 e. The van der Waals surface area contributed by atoms with Crippen LogP contribution >= 0.6 is 0 Å². The Morgan fingerprint density at radius 1 is 1.39 bits per heavy atom. The number of aromatic nitrogens is 1. The first kappa shape index (κ1) is 12.6. The number of rotatable bonds is 6. The fraction of sp³-hybridized carbons (Fsp3) is 0.357. The maximum atomic E-state index is 5.54. The Hall–Kier alpha value is -1.81. The van der Waals surface area contributed by atoms with Gasteiger partial charge in [-0.1, -0.05) is 19.1 Å². The quantitative estimate of drug-likeness (QED) is 0.795. The van der Waals surface area contributed by atoms with Crippen molar-refractivity contribution in [1.29, 1.82) is 0 Å². The maximum absolute atomic E-state index is 5.54. The SMILES string of the molecule is CCCNCc1coc(Oc2cccc(C)c2)n1. The molecule has 0 saturated heterocycles. The highest BCUT2D eigenvalue weighted by Crippen LogP contribution is 2.21. The third kappa shape index (κ3) is 3.60. The molecule has 0 amide bonds. The Morgan fingerprint density at radius 2 is 2.28 bits per heavy atom. The molecule has 1 aromatic heterocycles. The highest BCUT2D eigenvalue weighted by Gasteiger charge is 2.06. The van der Waals surface area contributed by atoms with Crippen molar-refractivity contribution in [3.8, 4) is 11.8 Å². The van der Waals surface area contributed by atoms with Gasteiger partial charge in [-0.2, -0.15) is 4.98 Å². The summed E-state index contributed by atoms with van der Waals surface area (Å²) in [7, 11) is 0. The van der Waals surface area contributed by atoms with E-state index >= 15 is 0 Å². The first-order valence-corrected chi connectivity index (χ1v) is 6.17. The van der Waals surface area contributed by atoms with E-state index in [1.807, 2.05) is 31.2 Å². The second-order valence-electron chi connectivity index (χ2n) is 4.20. The van der Waals surface area contributed by atoms with Crippen LogP contribution in [-0.4, -0.2) is 11.5 Å². The van der Waals surface area contributed by atoms with Gasteiger partial charge < -0.3 is 14.5 Å². The lowest BCUT2D eigenvalue weighted by molar-refractivity contribution is 0.330. The Labute approximate surface area is 107 Å². The predicted octanol–water partition coefficient (Wildman–Crippen LogP) is 3.27. The summed E-state index contributed by atoms with van der Waals surface area (Å²) in [6.45, 7) is 5.82. The van der Waals surface area contributed by atoms with E-state index in [1.54, 1.807) is 6.26 Å². The van der Waals surface area contributed by atoms with Crippen molar-refractivity contribution in [2.24, 2.45) is 0 Å². The summed E-state index contributed by atoms with van der Waals surface area (Å²) in [5.74, 6) is 0.741. The molecular weight excluding hydrogens is 228 g/mol. The highest BCUT2D eigenvalue weighted by molar-refractivity contribution is 5.29. The summed E-state index contributed by atoms with van der Waals surface area (Å²) in [4.78, 5) is 4.26. The number of ether oxygens (including phenoxy) is 1. The van der Waals surface area contributed by atoms with E-state index in [0.29, 0.717) is 6.54 Å². The van der Waals surface area contributed by atoms with E-state index in [-0.39, 0.29) is 6.08 Å². The van der Waals surface area contributed by atoms with Crippen LogP contribution in [0.1, 0.15) is 24.6 Å². The van der Waals surface area contributed by atoms with Crippen LogP contribution in [0, 0.1) is 6.92 Å². The number of oxazole rings is 1. The predicted molar refractivity (Wildman–Crippen MR) is 69.8 cm³/mol. The zero-order chi connectivity index (χ0) is 12.8. The van der Waals surface area contributed by atoms with Crippen molar-refractivity contribution in [2.75, 3.05) is 6.54 Å². The van der Waals surface area contributed by atoms with E-state index in [9.17, 15) is 0 Å². The van der Waals surface area contributed by atoms with Gasteiger partial charge in [0, 0.05) is 6.54 Å². The number of hydrogen-bond acceptors (Lipinski definition) is 4. The van der Waals surface area contributed by atoms with E-state index < -0.39 is 0 Å². The summed E-state index contributed by atoms with van der Waals surface area (Å²) in [6.07, 6.45) is 3.01. The minimum absolute atomic E-state index is 0.286. The van der Waals surface area contributed by atoms with Crippen molar-refractivity contribution in [3.63, 3.8) is 0 Å². The standard InChI is InChI=1S/C14H18N2O2/c1-3-7-15-9-12-10-17-14(16-12)18-13-6-4-5-11(2)8-13/h4-6,8,10,15H,3,7,9H2,1-2H3. The molecule has 4 heteroatoms. The van der Waals surface area contributed by atoms with Crippen LogP contribution in [0.5, 0.6) is 11.8 Å². The lowest BCUT2D eigenvalue weighted by Gasteiger charge is -2.00. The number of benzene rings is 1. The van der Waals surface area contributed by atoms with E-state index in [0.717, 1.165) is 30.0 Å². The van der Waals surface area contributed by atoms with Gasteiger partial charge in [0.25, 0.3) is 0 Å². The maximum Gasteiger partial charge on any atom is 0.399 e. The average molecular weight is 246 g/mol. The molecule has 0 unspecified atom stereocenters. The van der Waals surface area contributed by atoms with Gasteiger partial charge in [0.1, 0.15) is 12.0 Å². The molecule has 1 N–H and O–H groups in total. The van der Waals surface area contributed by atoms with Crippen LogP contribution in [0.2, 0.25) is 0 Å². The molecule has 1 heterocycles. The van der Waals surface area contributed by atoms with Gasteiger partial charge in [-0.3, -0.25) is 0 Å². The Morgan fingerprint density at radius 3 is 3.06 bits per heavy atom. The molecule has 0 bridgehead atoms. The number of nitrogens with zero attached hydrogens (tertiary/aromatic N) is 1. The summed E-state index contributed by atoms with van der Waals surface area (Å²) >= 11 is 0. The number of aryl methyl sites for hydroxylation is 1. The second kappa shape index (κ2) is 6.21. The lowest BCUT2D eigenvalue weighted by atomic mass is 10.2. The second-order valence-corrected chi connectivity index (χ2v) is 4.20. The Kier molecular flexibility index (Phi) is 4.36. The van der Waals surface area contributed by atoms with Crippen molar-refractivity contribution in [1.82, 2.24) is 10.3 Å². The van der Waals surface area contributed by atoms with Crippen LogP contribution in [0.3, 0.4) is 0 Å². The van der Waals surface area contributed by atoms with Crippen LogP contribution < -0.4 is 10.1 Å². The topological polar surface area (TPSA) is 47.3 Å². The normalized spacial score (nSPS) is 10.6.